The molecule has 4 nitrogen and oxygen atoms in total. The molecule has 6 heteroatoms. The Kier molecular flexibility index (Phi) is 8.11. The number of rotatable bonds is 8. The molecule has 2 fully saturated rings. The molecule has 2 atom stereocenters. The number of benzene rings is 1. The molecule has 0 unspecified atom stereocenters. The fourth-order valence-corrected chi connectivity index (χ4v) is 7.55. The molecular weight excluding hydrogens is 512 g/mol. The van der Waals surface area contributed by atoms with Gasteiger partial charge in [-0.25, -0.2) is 0 Å². The molecule has 32 heavy (non-hydrogen) atoms. The zero-order valence-electron chi connectivity index (χ0n) is 19.8. The number of methoxy groups -OCH3 is 2. The molecule has 174 valence electrons. The minimum Gasteiger partial charge on any atom is -0.497 e. The van der Waals surface area contributed by atoms with Gasteiger partial charge in [0.15, 0.2) is 0 Å². The summed E-state index contributed by atoms with van der Waals surface area (Å²) >= 11 is 2.41. The third-order valence-electron chi connectivity index (χ3n) is 8.18. The first-order valence-corrected chi connectivity index (χ1v) is 13.5. The smallest absolute Gasteiger partial charge is 0.231 e. The fourth-order valence-electron chi connectivity index (χ4n) is 6.45. The van der Waals surface area contributed by atoms with Gasteiger partial charge in [-0.3, -0.25) is 4.79 Å². The molecule has 0 N–H and O–H groups in total. The van der Waals surface area contributed by atoms with E-state index in [2.05, 4.69) is 35.6 Å². The molecule has 1 amide bonds. The van der Waals surface area contributed by atoms with E-state index in [1.807, 2.05) is 23.1 Å². The van der Waals surface area contributed by atoms with Crippen LogP contribution in [-0.4, -0.2) is 37.8 Å². The Bertz CT molecular complexity index is 822. The van der Waals surface area contributed by atoms with Crippen LogP contribution >= 0.6 is 22.6 Å². The van der Waals surface area contributed by atoms with Crippen LogP contribution in [0.25, 0.3) is 0 Å². The van der Waals surface area contributed by atoms with E-state index in [9.17, 15) is 4.79 Å². The molecular formula is C26H37BINO3. The van der Waals surface area contributed by atoms with Gasteiger partial charge in [0.1, 0.15) is 18.2 Å². The maximum absolute atomic E-state index is 13.6. The Morgan fingerprint density at radius 3 is 2.41 bits per heavy atom. The fraction of sp³-hybridized carbons (Fsp3) is 0.654. The largest absolute Gasteiger partial charge is 0.497 e. The number of fused-ring (bicyclic) bond motifs is 2. The van der Waals surface area contributed by atoms with E-state index in [0.717, 1.165) is 41.8 Å². The topological polar surface area (TPSA) is 38.8 Å². The minimum atomic E-state index is 0.0134. The highest BCUT2D eigenvalue weighted by Gasteiger charge is 2.39. The standard InChI is InChI=1S/C26H37BINO3/c1-18-15-24(28)23(11-6-14-27-20-7-4-8-21(27)10-5-9-20)26(30)29(18)17-19-12-13-22(31-2)16-25(19)32-3/h12-13,15-16,18,20-21,23H,4-11,14,17H2,1-3H3/t18-,20?,21?,23+/m0/s1. The maximum atomic E-state index is 13.6. The molecule has 3 heterocycles. The second kappa shape index (κ2) is 10.8. The first-order valence-electron chi connectivity index (χ1n) is 12.4. The van der Waals surface area contributed by atoms with E-state index < -0.39 is 0 Å². The molecule has 3 aliphatic heterocycles. The molecule has 2 saturated heterocycles. The van der Waals surface area contributed by atoms with E-state index in [4.69, 9.17) is 9.47 Å². The van der Waals surface area contributed by atoms with Crippen molar-refractivity contribution >= 4 is 35.2 Å². The van der Waals surface area contributed by atoms with Crippen molar-refractivity contribution in [1.82, 2.24) is 4.90 Å². The van der Waals surface area contributed by atoms with Crippen molar-refractivity contribution in [3.05, 3.63) is 33.4 Å². The number of halogens is 1. The third-order valence-corrected chi connectivity index (χ3v) is 9.29. The third kappa shape index (κ3) is 5.15. The van der Waals surface area contributed by atoms with Crippen molar-refractivity contribution in [2.75, 3.05) is 14.2 Å². The molecule has 4 rings (SSSR count). The van der Waals surface area contributed by atoms with Gasteiger partial charge < -0.3 is 14.4 Å². The van der Waals surface area contributed by atoms with Crippen molar-refractivity contribution in [2.45, 2.75) is 88.8 Å². The summed E-state index contributed by atoms with van der Waals surface area (Å²) in [6.45, 7) is 3.60. The van der Waals surface area contributed by atoms with Crippen LogP contribution in [0.1, 0.15) is 63.9 Å². The lowest BCUT2D eigenvalue weighted by molar-refractivity contribution is -0.137. The minimum absolute atomic E-state index is 0.0134. The molecule has 0 spiro atoms. The molecule has 0 saturated carbocycles. The summed E-state index contributed by atoms with van der Waals surface area (Å²) in [6, 6.07) is 5.94. The first-order chi connectivity index (χ1) is 15.5. The zero-order chi connectivity index (χ0) is 22.7. The van der Waals surface area contributed by atoms with Gasteiger partial charge in [-0.15, -0.1) is 0 Å². The van der Waals surface area contributed by atoms with Crippen LogP contribution in [0, 0.1) is 5.92 Å². The van der Waals surface area contributed by atoms with Gasteiger partial charge in [0, 0.05) is 27.8 Å². The Labute approximate surface area is 207 Å². The molecule has 0 aliphatic carbocycles. The van der Waals surface area contributed by atoms with Crippen LogP contribution in [0.15, 0.2) is 27.9 Å². The summed E-state index contributed by atoms with van der Waals surface area (Å²) in [5.41, 5.74) is 1.02. The van der Waals surface area contributed by atoms with Gasteiger partial charge >= 0.3 is 0 Å². The van der Waals surface area contributed by atoms with E-state index >= 15 is 0 Å². The second-order valence-corrected chi connectivity index (χ2v) is 11.2. The van der Waals surface area contributed by atoms with Crippen molar-refractivity contribution in [1.29, 1.82) is 0 Å². The highest BCUT2D eigenvalue weighted by molar-refractivity contribution is 14.1. The van der Waals surface area contributed by atoms with Crippen molar-refractivity contribution in [3.8, 4) is 11.5 Å². The summed E-state index contributed by atoms with van der Waals surface area (Å²) < 4.78 is 12.1. The van der Waals surface area contributed by atoms with Crippen LogP contribution < -0.4 is 9.47 Å². The van der Waals surface area contributed by atoms with Crippen molar-refractivity contribution in [2.24, 2.45) is 5.92 Å². The maximum Gasteiger partial charge on any atom is 0.231 e. The number of carbonyl (C=O) groups is 1. The van der Waals surface area contributed by atoms with Gasteiger partial charge in [-0.2, -0.15) is 0 Å². The Hall–Kier alpha value is -1.18. The number of hydrogen-bond acceptors (Lipinski definition) is 3. The van der Waals surface area contributed by atoms with E-state index in [0.29, 0.717) is 6.54 Å². The Balaban J connectivity index is 1.40. The van der Waals surface area contributed by atoms with Gasteiger partial charge in [0.05, 0.1) is 20.1 Å². The zero-order valence-corrected chi connectivity index (χ0v) is 22.0. The van der Waals surface area contributed by atoms with Crippen molar-refractivity contribution in [3.63, 3.8) is 0 Å². The lowest BCUT2D eigenvalue weighted by atomic mass is 9.26. The van der Waals surface area contributed by atoms with Gasteiger partial charge in [-0.1, -0.05) is 69.0 Å². The monoisotopic (exact) mass is 549 g/mol. The molecule has 2 bridgehead atoms. The molecule has 1 aromatic carbocycles. The average molecular weight is 549 g/mol. The first kappa shape index (κ1) is 24.0. The van der Waals surface area contributed by atoms with Crippen LogP contribution in [0.2, 0.25) is 18.0 Å². The number of carbonyl (C=O) groups excluding carboxylic acids is 1. The lowest BCUT2D eigenvalue weighted by Gasteiger charge is -2.41. The summed E-state index contributed by atoms with van der Waals surface area (Å²) in [5.74, 6) is 3.74. The summed E-state index contributed by atoms with van der Waals surface area (Å²) in [6.07, 6.45) is 14.4. The Morgan fingerprint density at radius 1 is 1.09 bits per heavy atom. The van der Waals surface area contributed by atoms with E-state index in [-0.39, 0.29) is 17.9 Å². The second-order valence-electron chi connectivity index (χ2n) is 9.97. The predicted molar refractivity (Wildman–Crippen MR) is 140 cm³/mol. The van der Waals surface area contributed by atoms with Crippen LogP contribution in [0.3, 0.4) is 0 Å². The van der Waals surface area contributed by atoms with E-state index in [1.54, 1.807) is 14.2 Å². The lowest BCUT2D eigenvalue weighted by Crippen LogP contribution is -2.44. The number of nitrogens with zero attached hydrogens (tertiary/aromatic N) is 1. The van der Waals surface area contributed by atoms with Crippen LogP contribution in [-0.2, 0) is 11.3 Å². The normalized spacial score (nSPS) is 27.9. The summed E-state index contributed by atoms with van der Waals surface area (Å²) in [4.78, 5) is 15.6. The average Bonchev–Trinajstić information content (AvgIpc) is 2.78. The van der Waals surface area contributed by atoms with Gasteiger partial charge in [0.2, 0.25) is 5.91 Å². The number of amides is 1. The van der Waals surface area contributed by atoms with Crippen molar-refractivity contribution < 1.29 is 14.3 Å². The molecule has 3 aliphatic rings. The number of ether oxygens (including phenoxy) is 2. The molecule has 1 aromatic rings. The molecule has 0 radical (unpaired) electrons. The van der Waals surface area contributed by atoms with Gasteiger partial charge in [0.25, 0.3) is 0 Å². The SMILES string of the molecule is COc1ccc(CN2C(=O)[C@H](CCCB3C4CCCC3CCC4)C(I)=C[C@@H]2C)c(OC)c1. The van der Waals surface area contributed by atoms with Gasteiger partial charge in [-0.05, 0) is 48.1 Å². The summed E-state index contributed by atoms with van der Waals surface area (Å²) in [7, 11) is 3.33. The number of hydrogen-bond donors (Lipinski definition) is 0. The van der Waals surface area contributed by atoms with Crippen LogP contribution in [0.5, 0.6) is 11.5 Å². The quantitative estimate of drug-likeness (QED) is 0.266. The Morgan fingerprint density at radius 2 is 1.78 bits per heavy atom. The highest BCUT2D eigenvalue weighted by atomic mass is 127. The predicted octanol–water partition coefficient (Wildman–Crippen LogP) is 6.75. The van der Waals surface area contributed by atoms with E-state index in [1.165, 1.54) is 54.8 Å². The van der Waals surface area contributed by atoms with Crippen LogP contribution in [0.4, 0.5) is 0 Å². The summed E-state index contributed by atoms with van der Waals surface area (Å²) in [5, 5.41) is 0. The highest BCUT2D eigenvalue weighted by Crippen LogP contribution is 2.48. The molecule has 0 aromatic heterocycles.